The van der Waals surface area contributed by atoms with Crippen LogP contribution in [0.2, 0.25) is 0 Å². The predicted octanol–water partition coefficient (Wildman–Crippen LogP) is 5.31. The lowest BCUT2D eigenvalue weighted by molar-refractivity contribution is 0.509. The summed E-state index contributed by atoms with van der Waals surface area (Å²) in [5, 5.41) is 4.86. The van der Waals surface area contributed by atoms with Crippen LogP contribution in [0.5, 0.6) is 0 Å². The first-order valence-corrected chi connectivity index (χ1v) is 9.78. The first-order chi connectivity index (χ1) is 11.7. The maximum atomic E-state index is 13.5. The average Bonchev–Trinajstić information content (AvgIpc) is 2.96. The van der Waals surface area contributed by atoms with E-state index in [-0.39, 0.29) is 0 Å². The fourth-order valence-corrected chi connectivity index (χ4v) is 4.71. The molecule has 0 fully saturated rings. The van der Waals surface area contributed by atoms with Gasteiger partial charge in [0.25, 0.3) is 0 Å². The molecule has 0 radical (unpaired) electrons. The summed E-state index contributed by atoms with van der Waals surface area (Å²) in [7, 11) is 0. The summed E-state index contributed by atoms with van der Waals surface area (Å²) in [6.07, 6.45) is 6.39. The SMILES string of the molecule is CSc1nc(Nc2ccc(F)c(F)c2)c2c3c(sc2n1)CCCC3. The number of nitrogens with one attached hydrogen (secondary N) is 1. The Morgan fingerprint density at radius 3 is 2.75 bits per heavy atom. The van der Waals surface area contributed by atoms with Crippen molar-refractivity contribution in [2.24, 2.45) is 0 Å². The molecule has 0 atom stereocenters. The van der Waals surface area contributed by atoms with Gasteiger partial charge in [-0.3, -0.25) is 0 Å². The predicted molar refractivity (Wildman–Crippen MR) is 95.5 cm³/mol. The van der Waals surface area contributed by atoms with Crippen molar-refractivity contribution in [3.05, 3.63) is 40.3 Å². The quantitative estimate of drug-likeness (QED) is 0.505. The molecule has 2 aromatic heterocycles. The number of aryl methyl sites for hydroxylation is 2. The fourth-order valence-electron chi connectivity index (χ4n) is 3.03. The second kappa shape index (κ2) is 6.29. The Balaban J connectivity index is 1.85. The number of nitrogens with zero attached hydrogens (tertiary/aromatic N) is 2. The standard InChI is InChI=1S/C17H15F2N3S2/c1-23-17-21-15(20-9-6-7-11(18)12(19)8-9)14-10-4-2-3-5-13(10)24-16(14)22-17/h6-8H,2-5H2,1H3,(H,20,21,22). The molecule has 1 aromatic carbocycles. The zero-order valence-corrected chi connectivity index (χ0v) is 14.7. The van der Waals surface area contributed by atoms with Crippen LogP contribution in [0.1, 0.15) is 23.3 Å². The summed E-state index contributed by atoms with van der Waals surface area (Å²) in [6.45, 7) is 0. The minimum Gasteiger partial charge on any atom is -0.339 e. The van der Waals surface area contributed by atoms with Crippen LogP contribution in [0.25, 0.3) is 10.2 Å². The third kappa shape index (κ3) is 2.75. The maximum absolute atomic E-state index is 13.5. The number of anilines is 2. The van der Waals surface area contributed by atoms with Crippen LogP contribution < -0.4 is 5.32 Å². The highest BCUT2D eigenvalue weighted by Gasteiger charge is 2.21. The largest absolute Gasteiger partial charge is 0.339 e. The molecule has 0 saturated carbocycles. The van der Waals surface area contributed by atoms with Gasteiger partial charge < -0.3 is 5.32 Å². The van der Waals surface area contributed by atoms with Crippen LogP contribution in [0.4, 0.5) is 20.3 Å². The Morgan fingerprint density at radius 1 is 1.12 bits per heavy atom. The van der Waals surface area contributed by atoms with E-state index in [1.165, 1.54) is 34.7 Å². The van der Waals surface area contributed by atoms with Crippen molar-refractivity contribution in [3.8, 4) is 0 Å². The number of halogens is 2. The zero-order chi connectivity index (χ0) is 16.7. The van der Waals surface area contributed by atoms with E-state index in [2.05, 4.69) is 15.3 Å². The number of aromatic nitrogens is 2. The highest BCUT2D eigenvalue weighted by Crippen LogP contribution is 2.40. The van der Waals surface area contributed by atoms with Crippen LogP contribution in [-0.4, -0.2) is 16.2 Å². The molecule has 3 aromatic rings. The van der Waals surface area contributed by atoms with Crippen LogP contribution in [-0.2, 0) is 12.8 Å². The molecular formula is C17H15F2N3S2. The molecular weight excluding hydrogens is 348 g/mol. The van der Waals surface area contributed by atoms with E-state index in [0.29, 0.717) is 16.7 Å². The molecule has 0 bridgehead atoms. The van der Waals surface area contributed by atoms with Gasteiger partial charge in [-0.25, -0.2) is 18.7 Å². The van der Waals surface area contributed by atoms with E-state index in [0.717, 1.165) is 41.6 Å². The first kappa shape index (κ1) is 15.8. The molecule has 0 unspecified atom stereocenters. The van der Waals surface area contributed by atoms with E-state index in [4.69, 9.17) is 0 Å². The van der Waals surface area contributed by atoms with Gasteiger partial charge >= 0.3 is 0 Å². The van der Waals surface area contributed by atoms with Crippen LogP contribution >= 0.6 is 23.1 Å². The lowest BCUT2D eigenvalue weighted by atomic mass is 9.97. The van der Waals surface area contributed by atoms with Crippen molar-refractivity contribution in [1.29, 1.82) is 0 Å². The van der Waals surface area contributed by atoms with Crippen LogP contribution in [0.3, 0.4) is 0 Å². The number of rotatable bonds is 3. The Kier molecular flexibility index (Phi) is 4.14. The third-order valence-electron chi connectivity index (χ3n) is 4.16. The summed E-state index contributed by atoms with van der Waals surface area (Å²) in [6, 6.07) is 3.79. The Bertz CT molecular complexity index is 924. The normalized spacial score (nSPS) is 14.0. The van der Waals surface area contributed by atoms with Gasteiger partial charge in [0.05, 0.1) is 5.39 Å². The second-order valence-electron chi connectivity index (χ2n) is 5.70. The topological polar surface area (TPSA) is 37.8 Å². The van der Waals surface area contributed by atoms with Crippen molar-refractivity contribution in [3.63, 3.8) is 0 Å². The molecule has 0 saturated heterocycles. The van der Waals surface area contributed by atoms with E-state index >= 15 is 0 Å². The number of thiophene rings is 1. The summed E-state index contributed by atoms with van der Waals surface area (Å²) in [5.41, 5.74) is 1.79. The summed E-state index contributed by atoms with van der Waals surface area (Å²) in [5.74, 6) is -1.05. The molecule has 1 N–H and O–H groups in total. The smallest absolute Gasteiger partial charge is 0.190 e. The minimum atomic E-state index is -0.872. The molecule has 1 aliphatic rings. The minimum absolute atomic E-state index is 0.483. The number of hydrogen-bond acceptors (Lipinski definition) is 5. The Morgan fingerprint density at radius 2 is 1.96 bits per heavy atom. The second-order valence-corrected chi connectivity index (χ2v) is 7.56. The lowest BCUT2D eigenvalue weighted by Crippen LogP contribution is -2.02. The molecule has 24 heavy (non-hydrogen) atoms. The molecule has 0 aliphatic heterocycles. The monoisotopic (exact) mass is 363 g/mol. The van der Waals surface area contributed by atoms with Crippen molar-refractivity contribution < 1.29 is 8.78 Å². The fraction of sp³-hybridized carbons (Fsp3) is 0.294. The lowest BCUT2D eigenvalue weighted by Gasteiger charge is -2.13. The highest BCUT2D eigenvalue weighted by atomic mass is 32.2. The van der Waals surface area contributed by atoms with Crippen LogP contribution in [0, 0.1) is 11.6 Å². The number of benzene rings is 1. The molecule has 0 spiro atoms. The van der Waals surface area contributed by atoms with Crippen LogP contribution in [0.15, 0.2) is 23.4 Å². The van der Waals surface area contributed by atoms with E-state index in [1.54, 1.807) is 11.3 Å². The van der Waals surface area contributed by atoms with Crippen molar-refractivity contribution in [1.82, 2.24) is 9.97 Å². The summed E-state index contributed by atoms with van der Waals surface area (Å²) >= 11 is 3.19. The van der Waals surface area contributed by atoms with Gasteiger partial charge in [0.1, 0.15) is 10.6 Å². The van der Waals surface area contributed by atoms with E-state index in [9.17, 15) is 8.78 Å². The van der Waals surface area contributed by atoms with Gasteiger partial charge in [-0.05, 0) is 49.6 Å². The van der Waals surface area contributed by atoms with Gasteiger partial charge in [0.15, 0.2) is 16.8 Å². The van der Waals surface area contributed by atoms with E-state index in [1.807, 2.05) is 6.26 Å². The van der Waals surface area contributed by atoms with E-state index < -0.39 is 11.6 Å². The summed E-state index contributed by atoms with van der Waals surface area (Å²) < 4.78 is 26.7. The molecule has 1 aliphatic carbocycles. The van der Waals surface area contributed by atoms with Gasteiger partial charge in [-0.15, -0.1) is 11.3 Å². The molecule has 3 nitrogen and oxygen atoms in total. The maximum Gasteiger partial charge on any atom is 0.190 e. The molecule has 2 heterocycles. The van der Waals surface area contributed by atoms with Crippen molar-refractivity contribution in [2.45, 2.75) is 30.8 Å². The third-order valence-corrected chi connectivity index (χ3v) is 5.89. The molecule has 7 heteroatoms. The zero-order valence-electron chi connectivity index (χ0n) is 13.0. The number of fused-ring (bicyclic) bond motifs is 3. The molecule has 124 valence electrons. The first-order valence-electron chi connectivity index (χ1n) is 7.74. The molecule has 0 amide bonds. The van der Waals surface area contributed by atoms with Gasteiger partial charge in [0, 0.05) is 16.6 Å². The summed E-state index contributed by atoms with van der Waals surface area (Å²) in [4.78, 5) is 11.5. The Hall–Kier alpha value is -1.73. The van der Waals surface area contributed by atoms with Crippen molar-refractivity contribution in [2.75, 3.05) is 11.6 Å². The number of thioether (sulfide) groups is 1. The van der Waals surface area contributed by atoms with Gasteiger partial charge in [-0.2, -0.15) is 0 Å². The Labute approximate surface area is 146 Å². The average molecular weight is 363 g/mol. The van der Waals surface area contributed by atoms with Crippen molar-refractivity contribution >= 4 is 44.8 Å². The van der Waals surface area contributed by atoms with Gasteiger partial charge in [0.2, 0.25) is 0 Å². The molecule has 4 rings (SSSR count). The number of hydrogen-bond donors (Lipinski definition) is 1. The highest BCUT2D eigenvalue weighted by molar-refractivity contribution is 7.98. The van der Waals surface area contributed by atoms with Gasteiger partial charge in [-0.1, -0.05) is 11.8 Å².